The van der Waals surface area contributed by atoms with Crippen LogP contribution in [0, 0.1) is 4.77 Å². The summed E-state index contributed by atoms with van der Waals surface area (Å²) < 4.78 is 2.18. The van der Waals surface area contributed by atoms with E-state index < -0.39 is 0 Å². The Labute approximate surface area is 56.8 Å². The minimum Gasteiger partial charge on any atom is -0.292 e. The van der Waals surface area contributed by atoms with Crippen LogP contribution in [0.1, 0.15) is 0 Å². The Morgan fingerprint density at radius 3 is 2.78 bits per heavy atom. The van der Waals surface area contributed by atoms with Gasteiger partial charge in [0.1, 0.15) is 0 Å². The number of nitrogen functional groups attached to an aromatic ring is 1. The summed E-state index contributed by atoms with van der Waals surface area (Å²) in [5, 5.41) is 6.30. The molecule has 6 heteroatoms. The number of anilines is 1. The van der Waals surface area contributed by atoms with Gasteiger partial charge in [-0.05, 0) is 12.2 Å². The minimum atomic E-state index is 0.528. The van der Waals surface area contributed by atoms with Crippen LogP contribution in [0.3, 0.4) is 0 Å². The summed E-state index contributed by atoms with van der Waals surface area (Å²) in [4.78, 5) is 0. The van der Waals surface area contributed by atoms with Gasteiger partial charge < -0.3 is 0 Å². The van der Waals surface area contributed by atoms with E-state index in [0.29, 0.717) is 10.7 Å². The molecule has 50 valence electrons. The molecule has 0 saturated heterocycles. The molecule has 0 spiro atoms. The molecule has 0 bridgehead atoms. The van der Waals surface area contributed by atoms with E-state index in [1.165, 1.54) is 0 Å². The van der Waals surface area contributed by atoms with Crippen molar-refractivity contribution in [2.45, 2.75) is 0 Å². The SMILES string of the molecule is Cn1c(NN)n[nH]c1=S. The lowest BCUT2D eigenvalue weighted by atomic mass is 11.0. The first kappa shape index (κ1) is 6.24. The molecular weight excluding hydrogens is 138 g/mol. The summed E-state index contributed by atoms with van der Waals surface area (Å²) in [6.45, 7) is 0. The Balaban J connectivity index is 3.20. The number of rotatable bonds is 1. The van der Waals surface area contributed by atoms with Gasteiger partial charge in [-0.1, -0.05) is 0 Å². The third-order valence-corrected chi connectivity index (χ3v) is 1.37. The largest absolute Gasteiger partial charge is 0.292 e. The van der Waals surface area contributed by atoms with Crippen molar-refractivity contribution in [3.8, 4) is 0 Å². The number of hydrazine groups is 1. The van der Waals surface area contributed by atoms with E-state index in [-0.39, 0.29) is 0 Å². The molecule has 0 aliphatic heterocycles. The molecule has 5 nitrogen and oxygen atoms in total. The van der Waals surface area contributed by atoms with E-state index in [0.717, 1.165) is 0 Å². The minimum absolute atomic E-state index is 0.528. The van der Waals surface area contributed by atoms with E-state index in [2.05, 4.69) is 15.6 Å². The van der Waals surface area contributed by atoms with Crippen molar-refractivity contribution in [3.05, 3.63) is 4.77 Å². The predicted octanol–water partition coefficient (Wildman–Crippen LogP) is -0.237. The molecule has 0 aromatic carbocycles. The fourth-order valence-electron chi connectivity index (χ4n) is 0.476. The molecule has 0 fully saturated rings. The molecule has 0 aliphatic rings. The molecule has 1 aromatic heterocycles. The summed E-state index contributed by atoms with van der Waals surface area (Å²) in [6, 6.07) is 0. The quantitative estimate of drug-likeness (QED) is 0.290. The fourth-order valence-corrected chi connectivity index (χ4v) is 0.608. The zero-order valence-electron chi connectivity index (χ0n) is 4.88. The molecule has 1 rings (SSSR count). The number of aromatic nitrogens is 3. The molecule has 1 aromatic rings. The van der Waals surface area contributed by atoms with Gasteiger partial charge in [0.15, 0.2) is 4.77 Å². The van der Waals surface area contributed by atoms with Crippen LogP contribution in [0.4, 0.5) is 5.95 Å². The standard InChI is InChI=1S/C3H7N5S/c1-8-2(5-4)6-7-3(8)9/h4H2,1H3,(H,5,6)(H,7,9). The monoisotopic (exact) mass is 145 g/mol. The molecule has 0 saturated carbocycles. The number of nitrogens with one attached hydrogen (secondary N) is 2. The highest BCUT2D eigenvalue weighted by atomic mass is 32.1. The molecule has 0 aliphatic carbocycles. The number of hydrogen-bond acceptors (Lipinski definition) is 4. The van der Waals surface area contributed by atoms with Gasteiger partial charge in [0.25, 0.3) is 0 Å². The van der Waals surface area contributed by atoms with Crippen molar-refractivity contribution in [3.63, 3.8) is 0 Å². The first-order valence-electron chi connectivity index (χ1n) is 2.33. The van der Waals surface area contributed by atoms with E-state index >= 15 is 0 Å². The average molecular weight is 145 g/mol. The number of hydrogen-bond donors (Lipinski definition) is 3. The highest BCUT2D eigenvalue weighted by Gasteiger charge is 1.95. The second-order valence-electron chi connectivity index (χ2n) is 1.56. The number of nitrogens with two attached hydrogens (primary N) is 1. The third-order valence-electron chi connectivity index (χ3n) is 1.01. The van der Waals surface area contributed by atoms with Gasteiger partial charge in [-0.2, -0.15) is 0 Å². The zero-order chi connectivity index (χ0) is 6.85. The number of nitrogens with zero attached hydrogens (tertiary/aromatic N) is 2. The molecule has 4 N–H and O–H groups in total. The van der Waals surface area contributed by atoms with E-state index in [9.17, 15) is 0 Å². The molecule has 0 radical (unpaired) electrons. The van der Waals surface area contributed by atoms with E-state index in [4.69, 9.17) is 18.1 Å². The predicted molar refractivity (Wildman–Crippen MR) is 36.2 cm³/mol. The lowest BCUT2D eigenvalue weighted by Gasteiger charge is -1.94. The summed E-state index contributed by atoms with van der Waals surface area (Å²) in [5.74, 6) is 5.59. The second kappa shape index (κ2) is 2.16. The molecule has 0 unspecified atom stereocenters. The van der Waals surface area contributed by atoms with Crippen LogP contribution >= 0.6 is 12.2 Å². The second-order valence-corrected chi connectivity index (χ2v) is 1.94. The van der Waals surface area contributed by atoms with Crippen molar-refractivity contribution in [2.24, 2.45) is 12.9 Å². The van der Waals surface area contributed by atoms with Gasteiger partial charge in [-0.25, -0.2) is 10.9 Å². The molecule has 9 heavy (non-hydrogen) atoms. The van der Waals surface area contributed by atoms with Gasteiger partial charge in [0, 0.05) is 7.05 Å². The van der Waals surface area contributed by atoms with Gasteiger partial charge in [-0.3, -0.25) is 9.99 Å². The third kappa shape index (κ3) is 0.936. The first-order valence-corrected chi connectivity index (χ1v) is 2.74. The van der Waals surface area contributed by atoms with Gasteiger partial charge in [0.2, 0.25) is 5.95 Å². The normalized spacial score (nSPS) is 9.56. The highest BCUT2D eigenvalue weighted by molar-refractivity contribution is 7.71. The van der Waals surface area contributed by atoms with Gasteiger partial charge in [-0.15, -0.1) is 5.10 Å². The lowest BCUT2D eigenvalue weighted by Crippen LogP contribution is -2.11. The molecule has 0 amide bonds. The summed E-state index contributed by atoms with van der Waals surface area (Å²) in [7, 11) is 1.76. The molecular formula is C3H7N5S. The first-order chi connectivity index (χ1) is 4.25. The van der Waals surface area contributed by atoms with Gasteiger partial charge in [0.05, 0.1) is 0 Å². The summed E-state index contributed by atoms with van der Waals surface area (Å²) in [6.07, 6.45) is 0. The Bertz CT molecular complexity index is 247. The highest BCUT2D eigenvalue weighted by Crippen LogP contribution is 1.95. The summed E-state index contributed by atoms with van der Waals surface area (Å²) >= 11 is 4.79. The topological polar surface area (TPSA) is 71.7 Å². The van der Waals surface area contributed by atoms with Crippen molar-refractivity contribution >= 4 is 18.2 Å². The van der Waals surface area contributed by atoms with Crippen LogP contribution in [0.2, 0.25) is 0 Å². The molecule has 0 atom stereocenters. The van der Waals surface area contributed by atoms with Gasteiger partial charge >= 0.3 is 0 Å². The van der Waals surface area contributed by atoms with Crippen LogP contribution in [-0.4, -0.2) is 14.8 Å². The Hall–Kier alpha value is -0.880. The zero-order valence-corrected chi connectivity index (χ0v) is 5.70. The van der Waals surface area contributed by atoms with Crippen molar-refractivity contribution in [2.75, 3.05) is 5.43 Å². The van der Waals surface area contributed by atoms with Crippen LogP contribution in [0.15, 0.2) is 0 Å². The maximum absolute atomic E-state index is 5.06. The summed E-state index contributed by atoms with van der Waals surface area (Å²) in [5.41, 5.74) is 2.37. The number of H-pyrrole nitrogens is 1. The maximum atomic E-state index is 5.06. The van der Waals surface area contributed by atoms with Crippen molar-refractivity contribution < 1.29 is 0 Å². The van der Waals surface area contributed by atoms with Crippen molar-refractivity contribution in [1.29, 1.82) is 0 Å². The van der Waals surface area contributed by atoms with E-state index in [1.54, 1.807) is 11.6 Å². The van der Waals surface area contributed by atoms with E-state index in [1.807, 2.05) is 0 Å². The Morgan fingerprint density at radius 1 is 1.89 bits per heavy atom. The Morgan fingerprint density at radius 2 is 2.56 bits per heavy atom. The smallest absolute Gasteiger partial charge is 0.237 e. The fraction of sp³-hybridized carbons (Fsp3) is 0.333. The lowest BCUT2D eigenvalue weighted by molar-refractivity contribution is 0.892. The molecule has 1 heterocycles. The van der Waals surface area contributed by atoms with Crippen molar-refractivity contribution in [1.82, 2.24) is 14.8 Å². The Kier molecular flexibility index (Phi) is 1.50. The average Bonchev–Trinajstić information content (AvgIpc) is 2.15. The van der Waals surface area contributed by atoms with Crippen LogP contribution in [-0.2, 0) is 7.05 Å². The van der Waals surface area contributed by atoms with Crippen LogP contribution in [0.25, 0.3) is 0 Å². The van der Waals surface area contributed by atoms with Crippen LogP contribution in [0.5, 0.6) is 0 Å². The number of aromatic amines is 1. The maximum Gasteiger partial charge on any atom is 0.237 e. The van der Waals surface area contributed by atoms with Crippen LogP contribution < -0.4 is 11.3 Å².